The standard InChI is InChI=1S/C34H33N5OS/c1-24(25-15-17-27(18-16-25)26-11-7-5-8-12-26)35-36-31(40)23-41-33-38-37-32(39(33)30-13-9-6-10-14-30)28-19-21-29(22-20-28)34(2,3)4/h5-22H,23H2,1-4H3,(H,36,40)/b35-24-. The fourth-order valence-corrected chi connectivity index (χ4v) is 5.13. The van der Waals surface area contributed by atoms with Crippen molar-refractivity contribution in [1.82, 2.24) is 20.2 Å². The number of nitrogens with one attached hydrogen (secondary N) is 1. The molecule has 0 saturated heterocycles. The highest BCUT2D eigenvalue weighted by atomic mass is 32.2. The Hall–Kier alpha value is -4.49. The van der Waals surface area contributed by atoms with E-state index in [4.69, 9.17) is 0 Å². The molecule has 0 fully saturated rings. The quantitative estimate of drug-likeness (QED) is 0.121. The number of hydrazone groups is 1. The van der Waals surface area contributed by atoms with Crippen molar-refractivity contribution in [1.29, 1.82) is 0 Å². The van der Waals surface area contributed by atoms with E-state index in [0.29, 0.717) is 5.16 Å². The second-order valence-corrected chi connectivity index (χ2v) is 11.7. The van der Waals surface area contributed by atoms with Gasteiger partial charge in [-0.1, -0.05) is 130 Å². The molecule has 0 unspecified atom stereocenters. The number of nitrogens with zero attached hydrogens (tertiary/aromatic N) is 4. The van der Waals surface area contributed by atoms with Crippen LogP contribution in [0.3, 0.4) is 0 Å². The molecule has 1 amide bonds. The molecule has 206 valence electrons. The second-order valence-electron chi connectivity index (χ2n) is 10.8. The van der Waals surface area contributed by atoms with Gasteiger partial charge in [-0.2, -0.15) is 5.10 Å². The monoisotopic (exact) mass is 559 g/mol. The van der Waals surface area contributed by atoms with Crippen LogP contribution in [-0.4, -0.2) is 32.1 Å². The number of benzene rings is 4. The van der Waals surface area contributed by atoms with Gasteiger partial charge in [-0.25, -0.2) is 5.43 Å². The van der Waals surface area contributed by atoms with Crippen LogP contribution in [-0.2, 0) is 10.2 Å². The Morgan fingerprint density at radius 1 is 0.780 bits per heavy atom. The van der Waals surface area contributed by atoms with Gasteiger partial charge in [-0.15, -0.1) is 10.2 Å². The number of hydrogen-bond acceptors (Lipinski definition) is 5. The third kappa shape index (κ3) is 6.81. The van der Waals surface area contributed by atoms with Gasteiger partial charge in [-0.3, -0.25) is 9.36 Å². The van der Waals surface area contributed by atoms with Crippen molar-refractivity contribution in [2.45, 2.75) is 38.3 Å². The molecule has 0 spiro atoms. The number of para-hydroxylation sites is 1. The van der Waals surface area contributed by atoms with Crippen molar-refractivity contribution in [3.8, 4) is 28.2 Å². The van der Waals surface area contributed by atoms with Crippen LogP contribution in [0.5, 0.6) is 0 Å². The summed E-state index contributed by atoms with van der Waals surface area (Å²) in [6.07, 6.45) is 0. The summed E-state index contributed by atoms with van der Waals surface area (Å²) in [4.78, 5) is 12.8. The number of carbonyl (C=O) groups excluding carboxylic acids is 1. The molecule has 0 bridgehead atoms. The molecule has 6 nitrogen and oxygen atoms in total. The number of hydrogen-bond donors (Lipinski definition) is 1. The molecule has 0 aliphatic carbocycles. The van der Waals surface area contributed by atoms with Crippen molar-refractivity contribution in [2.24, 2.45) is 5.10 Å². The zero-order valence-corrected chi connectivity index (χ0v) is 24.5. The van der Waals surface area contributed by atoms with Crippen molar-refractivity contribution >= 4 is 23.4 Å². The van der Waals surface area contributed by atoms with Gasteiger partial charge in [0.25, 0.3) is 5.91 Å². The summed E-state index contributed by atoms with van der Waals surface area (Å²) >= 11 is 1.33. The summed E-state index contributed by atoms with van der Waals surface area (Å²) in [5, 5.41) is 13.9. The summed E-state index contributed by atoms with van der Waals surface area (Å²) in [5.41, 5.74) is 9.87. The SMILES string of the molecule is C/C(=N/NC(=O)CSc1nnc(-c2ccc(C(C)(C)C)cc2)n1-c1ccccc1)c1ccc(-c2ccccc2)cc1. The molecule has 1 aromatic heterocycles. The third-order valence-corrected chi connectivity index (χ3v) is 7.68. The van der Waals surface area contributed by atoms with Gasteiger partial charge in [0.05, 0.1) is 11.5 Å². The summed E-state index contributed by atoms with van der Waals surface area (Å²) in [6, 6.07) is 36.7. The molecule has 1 N–H and O–H groups in total. The van der Waals surface area contributed by atoms with Crippen LogP contribution in [0.1, 0.15) is 38.8 Å². The predicted octanol–water partition coefficient (Wildman–Crippen LogP) is 7.53. The highest BCUT2D eigenvalue weighted by Gasteiger charge is 2.19. The molecule has 5 aromatic rings. The summed E-state index contributed by atoms with van der Waals surface area (Å²) in [6.45, 7) is 8.47. The first-order valence-corrected chi connectivity index (χ1v) is 14.5. The number of amides is 1. The van der Waals surface area contributed by atoms with Gasteiger partial charge < -0.3 is 0 Å². The first-order chi connectivity index (χ1) is 19.8. The van der Waals surface area contributed by atoms with Crippen LogP contribution in [0.4, 0.5) is 0 Å². The van der Waals surface area contributed by atoms with E-state index in [1.807, 2.05) is 72.2 Å². The molecular weight excluding hydrogens is 526 g/mol. The molecule has 0 atom stereocenters. The minimum atomic E-state index is -0.214. The second kappa shape index (κ2) is 12.4. The fourth-order valence-electron chi connectivity index (χ4n) is 4.39. The first-order valence-electron chi connectivity index (χ1n) is 13.5. The topological polar surface area (TPSA) is 72.2 Å². The molecule has 0 saturated carbocycles. The average Bonchev–Trinajstić information content (AvgIpc) is 3.43. The Morgan fingerprint density at radius 2 is 1.37 bits per heavy atom. The zero-order valence-electron chi connectivity index (χ0n) is 23.7. The maximum atomic E-state index is 12.8. The minimum Gasteiger partial charge on any atom is -0.272 e. The lowest BCUT2D eigenvalue weighted by molar-refractivity contribution is -0.118. The lowest BCUT2D eigenvalue weighted by atomic mass is 9.87. The number of thioether (sulfide) groups is 1. The van der Waals surface area contributed by atoms with Gasteiger partial charge >= 0.3 is 0 Å². The van der Waals surface area contributed by atoms with Crippen LogP contribution < -0.4 is 5.43 Å². The Balaban J connectivity index is 1.28. The Labute approximate surface area is 245 Å². The van der Waals surface area contributed by atoms with Crippen molar-refractivity contribution in [3.63, 3.8) is 0 Å². The highest BCUT2D eigenvalue weighted by Crippen LogP contribution is 2.30. The van der Waals surface area contributed by atoms with Gasteiger partial charge in [0.15, 0.2) is 11.0 Å². The summed E-state index contributed by atoms with van der Waals surface area (Å²) in [7, 11) is 0. The van der Waals surface area contributed by atoms with E-state index in [2.05, 4.69) is 90.0 Å². The molecule has 0 aliphatic rings. The minimum absolute atomic E-state index is 0.0620. The normalized spacial score (nSPS) is 11.9. The maximum absolute atomic E-state index is 12.8. The van der Waals surface area contributed by atoms with E-state index in [1.165, 1.54) is 17.3 Å². The predicted molar refractivity (Wildman–Crippen MR) is 168 cm³/mol. The van der Waals surface area contributed by atoms with Crippen molar-refractivity contribution in [3.05, 3.63) is 120 Å². The number of aromatic nitrogens is 3. The van der Waals surface area contributed by atoms with Crippen LogP contribution in [0.15, 0.2) is 119 Å². The van der Waals surface area contributed by atoms with Crippen molar-refractivity contribution < 1.29 is 4.79 Å². The van der Waals surface area contributed by atoms with Crippen LogP contribution in [0.25, 0.3) is 28.2 Å². The highest BCUT2D eigenvalue weighted by molar-refractivity contribution is 7.99. The van der Waals surface area contributed by atoms with E-state index in [0.717, 1.165) is 39.5 Å². The van der Waals surface area contributed by atoms with Gasteiger partial charge in [-0.05, 0) is 46.7 Å². The number of rotatable bonds is 8. The van der Waals surface area contributed by atoms with E-state index in [1.54, 1.807) is 0 Å². The zero-order chi connectivity index (χ0) is 28.8. The van der Waals surface area contributed by atoms with E-state index < -0.39 is 0 Å². The van der Waals surface area contributed by atoms with Crippen molar-refractivity contribution in [2.75, 3.05) is 5.75 Å². The third-order valence-electron chi connectivity index (χ3n) is 6.75. The van der Waals surface area contributed by atoms with Gasteiger partial charge in [0.1, 0.15) is 0 Å². The van der Waals surface area contributed by atoms with Gasteiger partial charge in [0, 0.05) is 11.3 Å². The molecule has 4 aromatic carbocycles. The lowest BCUT2D eigenvalue weighted by Gasteiger charge is -2.19. The largest absolute Gasteiger partial charge is 0.272 e. The molecule has 0 aliphatic heterocycles. The molecule has 41 heavy (non-hydrogen) atoms. The molecule has 7 heteroatoms. The fraction of sp³-hybridized carbons (Fsp3) is 0.176. The lowest BCUT2D eigenvalue weighted by Crippen LogP contribution is -2.21. The Bertz CT molecular complexity index is 1640. The number of carbonyl (C=O) groups is 1. The van der Waals surface area contributed by atoms with E-state index in [9.17, 15) is 4.79 Å². The van der Waals surface area contributed by atoms with E-state index in [-0.39, 0.29) is 17.1 Å². The van der Waals surface area contributed by atoms with Gasteiger partial charge in [0.2, 0.25) is 0 Å². The average molecular weight is 560 g/mol. The summed E-state index contributed by atoms with van der Waals surface area (Å²) < 4.78 is 1.99. The van der Waals surface area contributed by atoms with Crippen LogP contribution >= 0.6 is 11.8 Å². The first kappa shape index (κ1) is 28.1. The van der Waals surface area contributed by atoms with Crippen LogP contribution in [0, 0.1) is 0 Å². The van der Waals surface area contributed by atoms with Crippen LogP contribution in [0.2, 0.25) is 0 Å². The maximum Gasteiger partial charge on any atom is 0.250 e. The smallest absolute Gasteiger partial charge is 0.250 e. The molecular formula is C34H33N5OS. The molecule has 5 rings (SSSR count). The Morgan fingerprint density at radius 3 is 2.00 bits per heavy atom. The van der Waals surface area contributed by atoms with E-state index >= 15 is 0 Å². The molecule has 1 heterocycles. The summed E-state index contributed by atoms with van der Waals surface area (Å²) in [5.74, 6) is 0.666. The Kier molecular flexibility index (Phi) is 8.45. The molecule has 0 radical (unpaired) electrons.